The molecule has 3 nitrogen and oxygen atoms in total. The molecule has 1 N–H and O–H groups in total. The highest BCUT2D eigenvalue weighted by molar-refractivity contribution is 5.86. The van der Waals surface area contributed by atoms with Crippen LogP contribution in [0.1, 0.15) is 25.3 Å². The Balaban J connectivity index is 2.83. The van der Waals surface area contributed by atoms with Gasteiger partial charge >= 0.3 is 0 Å². The zero-order valence-corrected chi connectivity index (χ0v) is 10.6. The fourth-order valence-electron chi connectivity index (χ4n) is 1.57. The molecule has 0 heterocycles. The molecule has 0 aliphatic heterocycles. The van der Waals surface area contributed by atoms with Gasteiger partial charge < -0.3 is 5.32 Å². The lowest BCUT2D eigenvalue weighted by Gasteiger charge is -2.18. The minimum absolute atomic E-state index is 0.133. The van der Waals surface area contributed by atoms with Crippen LogP contribution in [0.4, 0.5) is 0 Å². The Labute approximate surface area is 108 Å². The summed E-state index contributed by atoms with van der Waals surface area (Å²) in [5, 5.41) is 11.8. The predicted octanol–water partition coefficient (Wildman–Crippen LogP) is 2.07. The Morgan fingerprint density at radius 3 is 2.39 bits per heavy atom. The molecule has 0 spiro atoms. The van der Waals surface area contributed by atoms with Crippen LogP contribution in [0.15, 0.2) is 30.3 Å². The maximum atomic E-state index is 12.0. The summed E-state index contributed by atoms with van der Waals surface area (Å²) in [5.74, 6) is 1.49. The van der Waals surface area contributed by atoms with Crippen LogP contribution in [0.3, 0.4) is 0 Å². The van der Waals surface area contributed by atoms with Crippen LogP contribution < -0.4 is 5.32 Å². The second kappa shape index (κ2) is 6.47. The van der Waals surface area contributed by atoms with Gasteiger partial charge in [-0.15, -0.1) is 6.42 Å². The summed E-state index contributed by atoms with van der Waals surface area (Å²) in [6, 6.07) is 10.6. The number of amides is 1. The van der Waals surface area contributed by atoms with Gasteiger partial charge in [-0.05, 0) is 11.5 Å². The maximum absolute atomic E-state index is 12.0. The van der Waals surface area contributed by atoms with Gasteiger partial charge in [0.1, 0.15) is 5.92 Å². The van der Waals surface area contributed by atoms with Crippen molar-refractivity contribution in [2.75, 3.05) is 0 Å². The van der Waals surface area contributed by atoms with Crippen molar-refractivity contribution in [3.63, 3.8) is 0 Å². The fourth-order valence-corrected chi connectivity index (χ4v) is 1.57. The molecule has 0 saturated heterocycles. The van der Waals surface area contributed by atoms with Crippen molar-refractivity contribution in [1.82, 2.24) is 5.32 Å². The van der Waals surface area contributed by atoms with Crippen LogP contribution in [-0.2, 0) is 4.79 Å². The summed E-state index contributed by atoms with van der Waals surface area (Å²) in [6.45, 7) is 3.85. The molecule has 1 aromatic rings. The summed E-state index contributed by atoms with van der Waals surface area (Å²) in [6.07, 6.45) is 5.35. The third kappa shape index (κ3) is 3.37. The first-order valence-corrected chi connectivity index (χ1v) is 5.81. The monoisotopic (exact) mass is 240 g/mol. The third-order valence-corrected chi connectivity index (χ3v) is 2.67. The molecular formula is C15H16N2O. The number of rotatable bonds is 4. The first kappa shape index (κ1) is 13.8. The molecule has 2 unspecified atom stereocenters. The molecule has 0 saturated carbocycles. The maximum Gasteiger partial charge on any atom is 0.242 e. The Hall–Kier alpha value is -2.26. The van der Waals surface area contributed by atoms with Crippen LogP contribution in [0.5, 0.6) is 0 Å². The number of hydrogen-bond acceptors (Lipinski definition) is 2. The molecule has 2 atom stereocenters. The highest BCUT2D eigenvalue weighted by Gasteiger charge is 2.23. The molecule has 1 amide bonds. The minimum atomic E-state index is -0.819. The van der Waals surface area contributed by atoms with E-state index in [-0.39, 0.29) is 17.9 Å². The van der Waals surface area contributed by atoms with Crippen LogP contribution in [0, 0.1) is 29.6 Å². The van der Waals surface area contributed by atoms with E-state index in [1.54, 1.807) is 24.3 Å². The van der Waals surface area contributed by atoms with Crippen molar-refractivity contribution < 1.29 is 4.79 Å². The molecule has 0 aromatic heterocycles. The second-order valence-corrected chi connectivity index (χ2v) is 4.37. The van der Waals surface area contributed by atoms with Gasteiger partial charge in [0.2, 0.25) is 5.91 Å². The van der Waals surface area contributed by atoms with E-state index in [1.165, 1.54) is 0 Å². The highest BCUT2D eigenvalue weighted by Crippen LogP contribution is 2.15. The second-order valence-electron chi connectivity index (χ2n) is 4.37. The van der Waals surface area contributed by atoms with Crippen molar-refractivity contribution >= 4 is 5.91 Å². The fraction of sp³-hybridized carbons (Fsp3) is 0.333. The lowest BCUT2D eigenvalue weighted by molar-refractivity contribution is -0.122. The molecule has 0 aliphatic carbocycles. The van der Waals surface area contributed by atoms with Crippen molar-refractivity contribution in [3.05, 3.63) is 35.9 Å². The molecule has 92 valence electrons. The molecule has 0 fully saturated rings. The van der Waals surface area contributed by atoms with Crippen LogP contribution in [0.25, 0.3) is 0 Å². The van der Waals surface area contributed by atoms with E-state index in [2.05, 4.69) is 11.2 Å². The number of nitrogens with zero attached hydrogens (tertiary/aromatic N) is 1. The van der Waals surface area contributed by atoms with Gasteiger partial charge in [-0.1, -0.05) is 50.1 Å². The molecule has 18 heavy (non-hydrogen) atoms. The summed E-state index contributed by atoms with van der Waals surface area (Å²) < 4.78 is 0. The first-order chi connectivity index (χ1) is 8.60. The standard InChI is InChI=1S/C15H16N2O/c1-4-14(11(2)3)17-15(18)13(10-16)12-8-6-5-7-9-12/h1,5-9,11,13-14H,2-3H3,(H,17,18). The van der Waals surface area contributed by atoms with Gasteiger partial charge in [-0.3, -0.25) is 4.79 Å². The molecule has 0 bridgehead atoms. The van der Waals surface area contributed by atoms with Gasteiger partial charge in [0.05, 0.1) is 12.1 Å². The van der Waals surface area contributed by atoms with Crippen molar-refractivity contribution in [2.45, 2.75) is 25.8 Å². The van der Waals surface area contributed by atoms with Crippen LogP contribution in [0.2, 0.25) is 0 Å². The van der Waals surface area contributed by atoms with E-state index in [0.29, 0.717) is 5.56 Å². The zero-order valence-electron chi connectivity index (χ0n) is 10.6. The van der Waals surface area contributed by atoms with Crippen LogP contribution >= 0.6 is 0 Å². The molecule has 1 rings (SSSR count). The Morgan fingerprint density at radius 2 is 1.94 bits per heavy atom. The molecule has 0 aliphatic rings. The number of hydrogen-bond donors (Lipinski definition) is 1. The smallest absolute Gasteiger partial charge is 0.242 e. The Morgan fingerprint density at radius 1 is 1.33 bits per heavy atom. The number of nitrogens with one attached hydrogen (secondary N) is 1. The number of nitriles is 1. The van der Waals surface area contributed by atoms with E-state index in [0.717, 1.165) is 0 Å². The summed E-state index contributed by atoms with van der Waals surface area (Å²) in [5.41, 5.74) is 0.678. The van der Waals surface area contributed by atoms with E-state index in [1.807, 2.05) is 26.0 Å². The van der Waals surface area contributed by atoms with Crippen molar-refractivity contribution in [3.8, 4) is 18.4 Å². The summed E-state index contributed by atoms with van der Waals surface area (Å²) >= 11 is 0. The largest absolute Gasteiger partial charge is 0.341 e. The highest BCUT2D eigenvalue weighted by atomic mass is 16.1. The molecule has 0 radical (unpaired) electrons. The lowest BCUT2D eigenvalue weighted by atomic mass is 9.98. The third-order valence-electron chi connectivity index (χ3n) is 2.67. The zero-order chi connectivity index (χ0) is 13.5. The number of carbonyl (C=O) groups is 1. The average molecular weight is 240 g/mol. The van der Waals surface area contributed by atoms with Gasteiger partial charge in [0, 0.05) is 0 Å². The van der Waals surface area contributed by atoms with Gasteiger partial charge in [0.25, 0.3) is 0 Å². The molecular weight excluding hydrogens is 224 g/mol. The topological polar surface area (TPSA) is 52.9 Å². The first-order valence-electron chi connectivity index (χ1n) is 5.81. The van der Waals surface area contributed by atoms with E-state index in [4.69, 9.17) is 11.7 Å². The Bertz CT molecular complexity index is 479. The van der Waals surface area contributed by atoms with Crippen molar-refractivity contribution in [1.29, 1.82) is 5.26 Å². The van der Waals surface area contributed by atoms with Gasteiger partial charge in [-0.2, -0.15) is 5.26 Å². The average Bonchev–Trinajstić information content (AvgIpc) is 2.37. The molecule has 3 heteroatoms. The number of carbonyl (C=O) groups excluding carboxylic acids is 1. The lowest BCUT2D eigenvalue weighted by Crippen LogP contribution is -2.39. The summed E-state index contributed by atoms with van der Waals surface area (Å²) in [7, 11) is 0. The number of benzene rings is 1. The van der Waals surface area contributed by atoms with E-state index < -0.39 is 5.92 Å². The van der Waals surface area contributed by atoms with E-state index >= 15 is 0 Å². The van der Waals surface area contributed by atoms with Crippen LogP contribution in [-0.4, -0.2) is 11.9 Å². The normalized spacial score (nSPS) is 13.2. The minimum Gasteiger partial charge on any atom is -0.341 e. The quantitative estimate of drug-likeness (QED) is 0.819. The predicted molar refractivity (Wildman–Crippen MR) is 70.4 cm³/mol. The van der Waals surface area contributed by atoms with Gasteiger partial charge in [-0.25, -0.2) is 0 Å². The number of terminal acetylenes is 1. The molecule has 1 aromatic carbocycles. The van der Waals surface area contributed by atoms with Gasteiger partial charge in [0.15, 0.2) is 0 Å². The Kier molecular flexibility index (Phi) is 4.96. The SMILES string of the molecule is C#CC(NC(=O)C(C#N)c1ccccc1)C(C)C. The summed E-state index contributed by atoms with van der Waals surface area (Å²) in [4.78, 5) is 12.0. The van der Waals surface area contributed by atoms with E-state index in [9.17, 15) is 4.79 Å². The van der Waals surface area contributed by atoms with Crippen molar-refractivity contribution in [2.24, 2.45) is 5.92 Å².